The summed E-state index contributed by atoms with van der Waals surface area (Å²) >= 11 is 6.31. The smallest absolute Gasteiger partial charge is 0.324 e. The van der Waals surface area contributed by atoms with E-state index in [0.29, 0.717) is 11.6 Å². The lowest BCUT2D eigenvalue weighted by atomic mass is 10.0. The zero-order valence-electron chi connectivity index (χ0n) is 19.6. The molecule has 0 radical (unpaired) electrons. The maximum Gasteiger partial charge on any atom is 0.324 e. The minimum absolute atomic E-state index is 0.0648. The molecule has 2 N–H and O–H groups in total. The number of nitrogens with zero attached hydrogens (tertiary/aromatic N) is 1. The number of aromatic amines is 1. The highest BCUT2D eigenvalue weighted by molar-refractivity contribution is 7.89. The van der Waals surface area contributed by atoms with Gasteiger partial charge in [0.1, 0.15) is 11.2 Å². The minimum Gasteiger partial charge on any atom is -0.468 e. The molecule has 0 unspecified atom stereocenters. The largest absolute Gasteiger partial charge is 0.468 e. The minimum atomic E-state index is -3.96. The highest BCUT2D eigenvalue weighted by Crippen LogP contribution is 2.29. The van der Waals surface area contributed by atoms with E-state index < -0.39 is 22.0 Å². The molecular weight excluding hydrogens is 486 g/mol. The monoisotopic (exact) mass is 511 g/mol. The van der Waals surface area contributed by atoms with Crippen molar-refractivity contribution in [3.63, 3.8) is 0 Å². The summed E-state index contributed by atoms with van der Waals surface area (Å²) < 4.78 is 33.4. The fraction of sp³-hybridized carbons (Fsp3) is 0.231. The summed E-state index contributed by atoms with van der Waals surface area (Å²) in [6.07, 6.45) is 0.734. The molecule has 0 bridgehead atoms. The Labute approximate surface area is 209 Å². The fourth-order valence-electron chi connectivity index (χ4n) is 4.07. The van der Waals surface area contributed by atoms with E-state index >= 15 is 0 Å². The number of fused-ring (bicyclic) bond motifs is 1. The number of hydrogen-bond donors (Lipinski definition) is 2. The molecule has 4 aromatic rings. The zero-order chi connectivity index (χ0) is 25.2. The molecule has 7 nitrogen and oxygen atoms in total. The van der Waals surface area contributed by atoms with Crippen LogP contribution < -0.4 is 4.72 Å². The number of carbonyl (C=O) groups excluding carboxylic acids is 1. The van der Waals surface area contributed by atoms with Crippen molar-refractivity contribution in [3.8, 4) is 0 Å². The molecule has 0 spiro atoms. The number of hydrogen-bond acceptors (Lipinski definition) is 5. The number of methoxy groups -OCH3 is 1. The first kappa shape index (κ1) is 24.9. The van der Waals surface area contributed by atoms with Crippen LogP contribution in [0.3, 0.4) is 0 Å². The van der Waals surface area contributed by atoms with Crippen LogP contribution in [0.25, 0.3) is 10.9 Å². The van der Waals surface area contributed by atoms with Gasteiger partial charge in [-0.2, -0.15) is 4.72 Å². The van der Waals surface area contributed by atoms with Gasteiger partial charge in [-0.05, 0) is 49.6 Å². The Morgan fingerprint density at radius 3 is 2.43 bits per heavy atom. The average molecular weight is 512 g/mol. The van der Waals surface area contributed by atoms with Crippen molar-refractivity contribution < 1.29 is 17.9 Å². The van der Waals surface area contributed by atoms with Crippen LogP contribution in [-0.2, 0) is 32.4 Å². The van der Waals surface area contributed by atoms with Gasteiger partial charge in [0.15, 0.2) is 0 Å². The second kappa shape index (κ2) is 10.2. The Balaban J connectivity index is 1.56. The SMILES string of the molecule is COC(=O)[C@@H](Cc1ccccc1)NS(=O)(=O)c1ccc(Cc2c(C)nc(Cl)c3cc(C)[nH]c23)cc1. The highest BCUT2D eigenvalue weighted by Gasteiger charge is 2.27. The number of H-pyrrole nitrogens is 1. The molecule has 0 amide bonds. The third-order valence-electron chi connectivity index (χ3n) is 5.86. The van der Waals surface area contributed by atoms with Crippen LogP contribution in [0.4, 0.5) is 0 Å². The summed E-state index contributed by atoms with van der Waals surface area (Å²) in [6.45, 7) is 3.86. The van der Waals surface area contributed by atoms with Gasteiger partial charge in [0.25, 0.3) is 0 Å². The highest BCUT2D eigenvalue weighted by atomic mass is 35.5. The first-order chi connectivity index (χ1) is 16.7. The van der Waals surface area contributed by atoms with Gasteiger partial charge in [-0.25, -0.2) is 13.4 Å². The van der Waals surface area contributed by atoms with Crippen molar-refractivity contribution in [2.45, 2.75) is 37.6 Å². The first-order valence-corrected chi connectivity index (χ1v) is 12.9. The number of carbonyl (C=O) groups is 1. The molecule has 2 aromatic carbocycles. The number of halogens is 1. The molecule has 1 atom stereocenters. The number of nitrogens with one attached hydrogen (secondary N) is 2. The molecule has 0 aliphatic heterocycles. The van der Waals surface area contributed by atoms with Gasteiger partial charge in [0, 0.05) is 28.8 Å². The number of aryl methyl sites for hydroxylation is 2. The Bertz CT molecular complexity index is 1470. The third kappa shape index (κ3) is 5.56. The predicted octanol–water partition coefficient (Wildman–Crippen LogP) is 4.49. The molecular formula is C26H26ClN3O4S. The molecule has 9 heteroatoms. The van der Waals surface area contributed by atoms with E-state index in [1.54, 1.807) is 12.1 Å². The summed E-state index contributed by atoms with van der Waals surface area (Å²) in [7, 11) is -2.72. The van der Waals surface area contributed by atoms with Gasteiger partial charge in [-0.1, -0.05) is 54.1 Å². The topological polar surface area (TPSA) is 101 Å². The predicted molar refractivity (Wildman–Crippen MR) is 136 cm³/mol. The number of esters is 1. The Morgan fingerprint density at radius 1 is 1.09 bits per heavy atom. The van der Waals surface area contributed by atoms with Gasteiger partial charge >= 0.3 is 5.97 Å². The summed E-state index contributed by atoms with van der Waals surface area (Å²) in [5, 5.41) is 1.31. The molecule has 0 saturated carbocycles. The van der Waals surface area contributed by atoms with Gasteiger partial charge in [-0.3, -0.25) is 4.79 Å². The summed E-state index contributed by atoms with van der Waals surface area (Å²) in [5.41, 5.74) is 5.46. The lowest BCUT2D eigenvalue weighted by Gasteiger charge is -2.17. The number of benzene rings is 2. The maximum atomic E-state index is 13.0. The average Bonchev–Trinajstić information content (AvgIpc) is 3.23. The lowest BCUT2D eigenvalue weighted by molar-refractivity contribution is -0.142. The fourth-order valence-corrected chi connectivity index (χ4v) is 5.53. The summed E-state index contributed by atoms with van der Waals surface area (Å²) in [6, 6.07) is 16.7. The van der Waals surface area contributed by atoms with Gasteiger partial charge in [0.2, 0.25) is 10.0 Å². The second-order valence-electron chi connectivity index (χ2n) is 8.42. The quantitative estimate of drug-likeness (QED) is 0.268. The molecule has 0 aliphatic rings. The molecule has 0 saturated heterocycles. The van der Waals surface area contributed by atoms with Gasteiger partial charge < -0.3 is 9.72 Å². The molecule has 2 heterocycles. The second-order valence-corrected chi connectivity index (χ2v) is 10.5. The van der Waals surface area contributed by atoms with Crippen LogP contribution in [0, 0.1) is 13.8 Å². The van der Waals surface area contributed by atoms with E-state index in [9.17, 15) is 13.2 Å². The van der Waals surface area contributed by atoms with Crippen molar-refractivity contribution in [2.24, 2.45) is 0 Å². The lowest BCUT2D eigenvalue weighted by Crippen LogP contribution is -2.42. The normalized spacial score (nSPS) is 12.6. The van der Waals surface area contributed by atoms with Crippen LogP contribution >= 0.6 is 11.6 Å². The molecule has 182 valence electrons. The van der Waals surface area contributed by atoms with Crippen LogP contribution in [0.15, 0.2) is 65.6 Å². The van der Waals surface area contributed by atoms with Crippen LogP contribution in [-0.4, -0.2) is 37.5 Å². The third-order valence-corrected chi connectivity index (χ3v) is 7.63. The maximum absolute atomic E-state index is 13.0. The number of aromatic nitrogens is 2. The number of ether oxygens (including phenoxy) is 1. The molecule has 2 aromatic heterocycles. The van der Waals surface area contributed by atoms with Crippen molar-refractivity contribution in [3.05, 3.63) is 93.9 Å². The Morgan fingerprint density at radius 2 is 1.77 bits per heavy atom. The van der Waals surface area contributed by atoms with E-state index in [4.69, 9.17) is 16.3 Å². The summed E-state index contributed by atoms with van der Waals surface area (Å²) in [5.74, 6) is -0.648. The Hall–Kier alpha value is -3.20. The van der Waals surface area contributed by atoms with Crippen molar-refractivity contribution in [2.75, 3.05) is 7.11 Å². The van der Waals surface area contributed by atoms with Crippen LogP contribution in [0.2, 0.25) is 5.15 Å². The number of rotatable bonds is 8. The standard InChI is InChI=1S/C26H26ClN3O4S/c1-16-13-22-24(28-16)21(17(2)29-25(22)27)14-19-9-11-20(12-10-19)35(32,33)30-23(26(31)34-3)15-18-7-5-4-6-8-18/h4-13,23,28,30H,14-15H2,1-3H3/t23-/m1/s1. The number of pyridine rings is 1. The zero-order valence-corrected chi connectivity index (χ0v) is 21.2. The number of sulfonamides is 1. The Kier molecular flexibility index (Phi) is 7.25. The van der Waals surface area contributed by atoms with E-state index in [-0.39, 0.29) is 11.3 Å². The van der Waals surface area contributed by atoms with E-state index in [1.807, 2.05) is 50.2 Å². The van der Waals surface area contributed by atoms with Gasteiger partial charge in [0.05, 0.1) is 17.5 Å². The molecule has 0 aliphatic carbocycles. The van der Waals surface area contributed by atoms with Crippen LogP contribution in [0.5, 0.6) is 0 Å². The molecule has 4 rings (SSSR count). The van der Waals surface area contributed by atoms with E-state index in [1.165, 1.54) is 19.2 Å². The molecule has 0 fully saturated rings. The molecule has 35 heavy (non-hydrogen) atoms. The van der Waals surface area contributed by atoms with E-state index in [2.05, 4.69) is 14.7 Å². The summed E-state index contributed by atoms with van der Waals surface area (Å²) in [4.78, 5) is 20.1. The van der Waals surface area contributed by atoms with Crippen LogP contribution in [0.1, 0.15) is 28.1 Å². The van der Waals surface area contributed by atoms with Crippen molar-refractivity contribution >= 4 is 38.5 Å². The van der Waals surface area contributed by atoms with Crippen molar-refractivity contribution in [1.82, 2.24) is 14.7 Å². The van der Waals surface area contributed by atoms with E-state index in [0.717, 1.165) is 39.0 Å². The van der Waals surface area contributed by atoms with Crippen molar-refractivity contribution in [1.29, 1.82) is 0 Å². The van der Waals surface area contributed by atoms with Gasteiger partial charge in [-0.15, -0.1) is 0 Å². The first-order valence-electron chi connectivity index (χ1n) is 11.0.